The minimum atomic E-state index is -0.882. The van der Waals surface area contributed by atoms with Crippen molar-refractivity contribution in [3.05, 3.63) is 22.4 Å². The van der Waals surface area contributed by atoms with Gasteiger partial charge in [0.15, 0.2) is 0 Å². The average Bonchev–Trinajstić information content (AvgIpc) is 2.31. The highest BCUT2D eigenvalue weighted by Gasteiger charge is 2.21. The van der Waals surface area contributed by atoms with Crippen molar-refractivity contribution in [2.75, 3.05) is 5.32 Å². The summed E-state index contributed by atoms with van der Waals surface area (Å²) in [5, 5.41) is 14.1. The van der Waals surface area contributed by atoms with Crippen LogP contribution in [0.15, 0.2) is 16.7 Å². The first kappa shape index (κ1) is 16.4. The van der Waals surface area contributed by atoms with E-state index in [1.54, 1.807) is 33.0 Å². The zero-order valence-corrected chi connectivity index (χ0v) is 13.2. The van der Waals surface area contributed by atoms with Gasteiger partial charge in [0.25, 0.3) is 0 Å². The van der Waals surface area contributed by atoms with Gasteiger partial charge in [-0.2, -0.15) is 0 Å². The first-order valence-corrected chi connectivity index (χ1v) is 6.92. The number of nitrogens with zero attached hydrogens (tertiary/aromatic N) is 1. The minimum absolute atomic E-state index is 0.00471. The van der Waals surface area contributed by atoms with Gasteiger partial charge in [0.05, 0.1) is 11.4 Å². The monoisotopic (exact) mass is 343 g/mol. The molecule has 0 aliphatic heterocycles. The Hall–Kier alpha value is -1.63. The molecule has 1 heterocycles. The van der Waals surface area contributed by atoms with E-state index in [1.807, 2.05) is 0 Å². The topological polar surface area (TPSA) is 91.3 Å². The SMILES string of the molecule is Cc1ncc(Br)cc1NC(=O)NC(C)(C)CCC(=O)O. The third kappa shape index (κ3) is 5.56. The molecule has 0 atom stereocenters. The summed E-state index contributed by atoms with van der Waals surface area (Å²) in [6.45, 7) is 5.35. The molecule has 0 aromatic carbocycles. The number of aryl methyl sites for hydroxylation is 1. The number of amides is 2. The maximum absolute atomic E-state index is 11.9. The molecule has 0 fully saturated rings. The minimum Gasteiger partial charge on any atom is -0.481 e. The lowest BCUT2D eigenvalue weighted by Gasteiger charge is -2.25. The van der Waals surface area contributed by atoms with E-state index in [4.69, 9.17) is 5.11 Å². The van der Waals surface area contributed by atoms with Gasteiger partial charge < -0.3 is 15.7 Å². The molecule has 20 heavy (non-hydrogen) atoms. The fourth-order valence-corrected chi connectivity index (χ4v) is 1.91. The van der Waals surface area contributed by atoms with Crippen LogP contribution in [0.1, 0.15) is 32.4 Å². The lowest BCUT2D eigenvalue weighted by atomic mass is 9.99. The molecule has 2 amide bonds. The first-order valence-electron chi connectivity index (χ1n) is 6.13. The lowest BCUT2D eigenvalue weighted by molar-refractivity contribution is -0.137. The molecule has 3 N–H and O–H groups in total. The van der Waals surface area contributed by atoms with Crippen molar-refractivity contribution in [1.82, 2.24) is 10.3 Å². The number of hydrogen-bond acceptors (Lipinski definition) is 3. The molecule has 1 aromatic rings. The zero-order valence-electron chi connectivity index (χ0n) is 11.7. The van der Waals surface area contributed by atoms with Crippen molar-refractivity contribution in [3.8, 4) is 0 Å². The van der Waals surface area contributed by atoms with E-state index in [1.165, 1.54) is 0 Å². The quantitative estimate of drug-likeness (QED) is 0.766. The van der Waals surface area contributed by atoms with E-state index < -0.39 is 11.5 Å². The summed E-state index contributed by atoms with van der Waals surface area (Å²) in [5.74, 6) is -0.882. The van der Waals surface area contributed by atoms with Crippen LogP contribution in [0.4, 0.5) is 10.5 Å². The molecule has 1 aromatic heterocycles. The molecule has 0 aliphatic rings. The molecular formula is C13H18BrN3O3. The van der Waals surface area contributed by atoms with Gasteiger partial charge in [0.2, 0.25) is 0 Å². The van der Waals surface area contributed by atoms with E-state index in [2.05, 4.69) is 31.5 Å². The Kier molecular flexibility index (Phi) is 5.50. The average molecular weight is 344 g/mol. The van der Waals surface area contributed by atoms with Gasteiger partial charge in [-0.1, -0.05) is 0 Å². The summed E-state index contributed by atoms with van der Waals surface area (Å²) in [7, 11) is 0. The lowest BCUT2D eigenvalue weighted by Crippen LogP contribution is -2.45. The molecule has 110 valence electrons. The zero-order chi connectivity index (χ0) is 15.3. The van der Waals surface area contributed by atoms with Crippen molar-refractivity contribution in [1.29, 1.82) is 0 Å². The Morgan fingerprint density at radius 2 is 2.10 bits per heavy atom. The number of carboxylic acids is 1. The number of rotatable bonds is 5. The number of aliphatic carboxylic acids is 1. The summed E-state index contributed by atoms with van der Waals surface area (Å²) < 4.78 is 0.767. The molecule has 0 bridgehead atoms. The van der Waals surface area contributed by atoms with Crippen LogP contribution in [0.3, 0.4) is 0 Å². The maximum atomic E-state index is 11.9. The number of anilines is 1. The standard InChI is InChI=1S/C13H18BrN3O3/c1-8-10(6-9(14)7-15-8)16-12(20)17-13(2,3)5-4-11(18)19/h6-7H,4-5H2,1-3H3,(H,18,19)(H2,16,17,20). The fraction of sp³-hybridized carbons (Fsp3) is 0.462. The Labute approximate surface area is 126 Å². The van der Waals surface area contributed by atoms with Crippen molar-refractivity contribution >= 4 is 33.6 Å². The molecular weight excluding hydrogens is 326 g/mol. The third-order valence-electron chi connectivity index (χ3n) is 2.72. The maximum Gasteiger partial charge on any atom is 0.319 e. The summed E-state index contributed by atoms with van der Waals surface area (Å²) in [6, 6.07) is 1.37. The van der Waals surface area contributed by atoms with Gasteiger partial charge in [0, 0.05) is 22.6 Å². The predicted octanol–water partition coefficient (Wildman–Crippen LogP) is 2.92. The van der Waals surface area contributed by atoms with Crippen molar-refractivity contribution in [3.63, 3.8) is 0 Å². The Balaban J connectivity index is 2.63. The first-order chi connectivity index (χ1) is 9.19. The second kappa shape index (κ2) is 6.69. The van der Waals surface area contributed by atoms with Crippen molar-refractivity contribution in [2.45, 2.75) is 39.2 Å². The van der Waals surface area contributed by atoms with Crippen LogP contribution in [-0.4, -0.2) is 27.6 Å². The van der Waals surface area contributed by atoms with Gasteiger partial charge in [-0.15, -0.1) is 0 Å². The number of carbonyl (C=O) groups is 2. The fourth-order valence-electron chi connectivity index (χ4n) is 1.58. The van der Waals surface area contributed by atoms with Gasteiger partial charge in [-0.05, 0) is 49.2 Å². The number of carboxylic acid groups (broad SMARTS) is 1. The highest BCUT2D eigenvalue weighted by atomic mass is 79.9. The molecule has 0 spiro atoms. The van der Waals surface area contributed by atoms with E-state index in [0.717, 1.165) is 4.47 Å². The molecule has 0 aliphatic carbocycles. The predicted molar refractivity (Wildman–Crippen MR) is 79.8 cm³/mol. The number of urea groups is 1. The Morgan fingerprint density at radius 3 is 2.70 bits per heavy atom. The van der Waals surface area contributed by atoms with E-state index in [0.29, 0.717) is 17.8 Å². The number of aromatic nitrogens is 1. The van der Waals surface area contributed by atoms with Gasteiger partial charge in [-0.25, -0.2) is 4.79 Å². The molecule has 7 heteroatoms. The van der Waals surface area contributed by atoms with Crippen molar-refractivity contribution < 1.29 is 14.7 Å². The number of halogens is 1. The Morgan fingerprint density at radius 1 is 1.45 bits per heavy atom. The second-order valence-corrected chi connectivity index (χ2v) is 6.06. The van der Waals surface area contributed by atoms with E-state index in [9.17, 15) is 9.59 Å². The van der Waals surface area contributed by atoms with E-state index in [-0.39, 0.29) is 12.5 Å². The number of pyridine rings is 1. The molecule has 0 radical (unpaired) electrons. The van der Waals surface area contributed by atoms with Gasteiger partial charge in [-0.3, -0.25) is 9.78 Å². The highest BCUT2D eigenvalue weighted by Crippen LogP contribution is 2.18. The van der Waals surface area contributed by atoms with Crippen LogP contribution in [0.2, 0.25) is 0 Å². The van der Waals surface area contributed by atoms with Crippen LogP contribution in [-0.2, 0) is 4.79 Å². The highest BCUT2D eigenvalue weighted by molar-refractivity contribution is 9.10. The second-order valence-electron chi connectivity index (χ2n) is 5.14. The van der Waals surface area contributed by atoms with Gasteiger partial charge in [0.1, 0.15) is 0 Å². The summed E-state index contributed by atoms with van der Waals surface area (Å²) in [6.07, 6.45) is 2.01. The molecule has 6 nitrogen and oxygen atoms in total. The third-order valence-corrected chi connectivity index (χ3v) is 3.15. The van der Waals surface area contributed by atoms with Crippen LogP contribution in [0.25, 0.3) is 0 Å². The smallest absolute Gasteiger partial charge is 0.319 e. The summed E-state index contributed by atoms with van der Waals surface area (Å²) in [5.41, 5.74) is 0.702. The largest absolute Gasteiger partial charge is 0.481 e. The van der Waals surface area contributed by atoms with E-state index >= 15 is 0 Å². The molecule has 0 saturated carbocycles. The van der Waals surface area contributed by atoms with Crippen LogP contribution in [0.5, 0.6) is 0 Å². The van der Waals surface area contributed by atoms with Crippen LogP contribution in [0, 0.1) is 6.92 Å². The summed E-state index contributed by atoms with van der Waals surface area (Å²) in [4.78, 5) is 26.6. The van der Waals surface area contributed by atoms with Crippen LogP contribution >= 0.6 is 15.9 Å². The molecule has 0 saturated heterocycles. The van der Waals surface area contributed by atoms with Crippen molar-refractivity contribution in [2.24, 2.45) is 0 Å². The number of carbonyl (C=O) groups excluding carboxylic acids is 1. The van der Waals surface area contributed by atoms with Gasteiger partial charge >= 0.3 is 12.0 Å². The molecule has 0 unspecified atom stereocenters. The Bertz CT molecular complexity index is 518. The van der Waals surface area contributed by atoms with Crippen LogP contribution < -0.4 is 10.6 Å². The number of nitrogens with one attached hydrogen (secondary N) is 2. The molecule has 1 rings (SSSR count). The summed E-state index contributed by atoms with van der Waals surface area (Å²) >= 11 is 3.29. The normalized spacial score (nSPS) is 11.0. The number of hydrogen-bond donors (Lipinski definition) is 3.